The van der Waals surface area contributed by atoms with Crippen molar-refractivity contribution in [2.45, 2.75) is 198 Å². The van der Waals surface area contributed by atoms with Crippen LogP contribution in [0.15, 0.2) is 11.6 Å². The summed E-state index contributed by atoms with van der Waals surface area (Å²) in [5.74, 6) is -2.13. The van der Waals surface area contributed by atoms with Crippen LogP contribution in [0.3, 0.4) is 0 Å². The predicted molar refractivity (Wildman–Crippen MR) is 226 cm³/mol. The number of hydrogen-bond donors (Lipinski definition) is 11. The molecule has 3 heterocycles. The van der Waals surface area contributed by atoms with Gasteiger partial charge >= 0.3 is 11.9 Å². The summed E-state index contributed by atoms with van der Waals surface area (Å²) in [5, 5.41) is 116. The smallest absolute Gasteiger partial charge is 0.315 e. The van der Waals surface area contributed by atoms with Gasteiger partial charge in [-0.25, -0.2) is 0 Å². The highest BCUT2D eigenvalue weighted by atomic mass is 16.7. The Morgan fingerprint density at radius 2 is 1.32 bits per heavy atom. The number of carbonyl (C=O) groups is 2. The number of fused-ring (bicyclic) bond motifs is 7. The molecule has 0 amide bonds. The molecule has 8 aliphatic rings. The van der Waals surface area contributed by atoms with E-state index in [2.05, 4.69) is 40.7 Å². The largest absolute Gasteiger partial charge is 0.481 e. The Labute approximate surface area is 385 Å². The SMILES string of the molecule is CC1(C)CC[C@]2(C(=O)O[C@@H]3O[C@H](CO[C@@H]4O[C@H](CO)[C@@H](O)[C@H](O)[C@H]4O)[C@H](O)[C@H](O)[C@H]3O)CC[C@]3(C)C(=CC[C@@H]4[C@@]5(C)CC[C@H](O[C@@H]6OC[C@H](O)[C@H](O)[C@H]6O)[C@@](C)(C(=O)O)[C@@H]5CC[C@]43C)[C@@H]2C1. The number of allylic oxidation sites excluding steroid dienone is 2. The molecular formula is C47H74O19. The molecule has 23 atom stereocenters. The van der Waals surface area contributed by atoms with Crippen molar-refractivity contribution in [1.82, 2.24) is 0 Å². The fourth-order valence-electron chi connectivity index (χ4n) is 14.6. The molecule has 11 N–H and O–H groups in total. The van der Waals surface area contributed by atoms with Crippen LogP contribution in [0.1, 0.15) is 106 Å². The monoisotopic (exact) mass is 942 g/mol. The van der Waals surface area contributed by atoms with E-state index in [1.165, 1.54) is 5.57 Å². The maximum Gasteiger partial charge on any atom is 0.315 e. The zero-order valence-corrected chi connectivity index (χ0v) is 38.8. The molecule has 3 saturated heterocycles. The highest BCUT2D eigenvalue weighted by Gasteiger charge is 2.71. The van der Waals surface area contributed by atoms with Crippen LogP contribution in [0, 0.1) is 50.2 Å². The Morgan fingerprint density at radius 3 is 1.98 bits per heavy atom. The predicted octanol–water partition coefficient (Wildman–Crippen LogP) is -0.156. The first-order valence-electron chi connectivity index (χ1n) is 23.9. The molecule has 3 aliphatic heterocycles. The van der Waals surface area contributed by atoms with E-state index >= 15 is 0 Å². The zero-order chi connectivity index (χ0) is 48.3. The molecule has 0 bridgehead atoms. The Morgan fingerprint density at radius 1 is 0.697 bits per heavy atom. The fourth-order valence-corrected chi connectivity index (χ4v) is 14.6. The van der Waals surface area contributed by atoms with Crippen LogP contribution in [0.2, 0.25) is 0 Å². The van der Waals surface area contributed by atoms with Gasteiger partial charge in [0, 0.05) is 0 Å². The van der Waals surface area contributed by atoms with E-state index in [1.807, 2.05) is 0 Å². The number of carboxylic acid groups (broad SMARTS) is 1. The topological polar surface area (TPSA) is 312 Å². The van der Waals surface area contributed by atoms with Gasteiger partial charge in [0.1, 0.15) is 67.1 Å². The first kappa shape index (κ1) is 50.5. The van der Waals surface area contributed by atoms with Crippen molar-refractivity contribution in [2.75, 3.05) is 19.8 Å². The Bertz CT molecular complexity index is 1850. The second-order valence-electron chi connectivity index (χ2n) is 22.8. The lowest BCUT2D eigenvalue weighted by Crippen LogP contribution is -2.67. The molecule has 8 rings (SSSR count). The number of aliphatic hydroxyl groups excluding tert-OH is 10. The third-order valence-corrected chi connectivity index (χ3v) is 19.0. The maximum atomic E-state index is 14.9. The average molecular weight is 943 g/mol. The lowest BCUT2D eigenvalue weighted by molar-refractivity contribution is -0.328. The number of ether oxygens (including phenoxy) is 6. The van der Waals surface area contributed by atoms with Gasteiger partial charge in [0.15, 0.2) is 12.6 Å². The molecular weight excluding hydrogens is 868 g/mol. The molecule has 0 aromatic heterocycles. The lowest BCUT2D eigenvalue weighted by atomic mass is 9.33. The highest BCUT2D eigenvalue weighted by Crippen LogP contribution is 2.76. The third-order valence-electron chi connectivity index (χ3n) is 19.0. The molecule has 376 valence electrons. The quantitative estimate of drug-likeness (QED) is 0.0813. The molecule has 7 fully saturated rings. The van der Waals surface area contributed by atoms with E-state index in [-0.39, 0.29) is 35.2 Å². The minimum absolute atomic E-state index is 0.0579. The summed E-state index contributed by atoms with van der Waals surface area (Å²) >= 11 is 0. The lowest BCUT2D eigenvalue weighted by Gasteiger charge is -2.71. The van der Waals surface area contributed by atoms with Crippen LogP contribution in [0.4, 0.5) is 0 Å². The van der Waals surface area contributed by atoms with Gasteiger partial charge < -0.3 is 84.6 Å². The second kappa shape index (κ2) is 17.7. The van der Waals surface area contributed by atoms with E-state index < -0.39 is 139 Å². The Hall–Kier alpha value is -1.92. The van der Waals surface area contributed by atoms with Crippen LogP contribution in [0.5, 0.6) is 0 Å². The third kappa shape index (κ3) is 7.73. The first-order valence-corrected chi connectivity index (χ1v) is 23.9. The summed E-state index contributed by atoms with van der Waals surface area (Å²) < 4.78 is 34.9. The fraction of sp³-hybridized carbons (Fsp3) is 0.915. The average Bonchev–Trinajstić information content (AvgIpc) is 3.26. The van der Waals surface area contributed by atoms with Crippen molar-refractivity contribution in [3.8, 4) is 0 Å². The summed E-state index contributed by atoms with van der Waals surface area (Å²) in [6.07, 6.45) is -14.7. The number of aliphatic hydroxyl groups is 10. The van der Waals surface area contributed by atoms with Gasteiger partial charge in [0.05, 0.1) is 36.8 Å². The molecule has 19 nitrogen and oxygen atoms in total. The summed E-state index contributed by atoms with van der Waals surface area (Å²) in [6.45, 7) is 11.4. The van der Waals surface area contributed by atoms with E-state index in [0.717, 1.165) is 0 Å². The summed E-state index contributed by atoms with van der Waals surface area (Å²) in [7, 11) is 0. The number of esters is 1. The molecule has 66 heavy (non-hydrogen) atoms. The number of carbonyl (C=O) groups excluding carboxylic acids is 1. The first-order chi connectivity index (χ1) is 30.8. The minimum Gasteiger partial charge on any atom is -0.481 e. The molecule has 4 saturated carbocycles. The molecule has 19 heteroatoms. The normalized spacial score (nSPS) is 53.5. The van der Waals surface area contributed by atoms with Crippen LogP contribution in [-0.4, -0.2) is 180 Å². The number of carboxylic acids is 1. The van der Waals surface area contributed by atoms with E-state index in [4.69, 9.17) is 28.4 Å². The molecule has 0 radical (unpaired) electrons. The minimum atomic E-state index is -1.84. The number of aliphatic carboxylic acids is 1. The number of rotatable bonds is 9. The van der Waals surface area contributed by atoms with E-state index in [1.54, 1.807) is 6.92 Å². The summed E-state index contributed by atoms with van der Waals surface area (Å²) in [5.41, 5.74) is -2.53. The molecule has 0 unspecified atom stereocenters. The highest BCUT2D eigenvalue weighted by molar-refractivity contribution is 5.79. The molecule has 5 aliphatic carbocycles. The zero-order valence-electron chi connectivity index (χ0n) is 38.8. The molecule has 0 aromatic carbocycles. The second-order valence-corrected chi connectivity index (χ2v) is 22.8. The van der Waals surface area contributed by atoms with Gasteiger partial charge in [0.25, 0.3) is 0 Å². The van der Waals surface area contributed by atoms with E-state index in [9.17, 15) is 65.8 Å². The molecule has 0 spiro atoms. The van der Waals surface area contributed by atoms with Crippen LogP contribution >= 0.6 is 0 Å². The van der Waals surface area contributed by atoms with Crippen LogP contribution < -0.4 is 0 Å². The van der Waals surface area contributed by atoms with Gasteiger partial charge in [-0.15, -0.1) is 0 Å². The van der Waals surface area contributed by atoms with Crippen molar-refractivity contribution in [3.63, 3.8) is 0 Å². The van der Waals surface area contributed by atoms with Gasteiger partial charge in [0.2, 0.25) is 6.29 Å². The standard InChI is InChI=1S/C47H74O19/c1-42(2)13-15-47(41(60)66-39-36(57)33(54)31(52)25(64-39)20-62-37-35(56)32(53)30(51)24(18-48)63-37)16-14-44(4)21(22(47)17-42)7-8-26-43(3)11-10-28(65-38-34(55)29(50)23(49)19-61-38)46(6,40(58)59)27(43)9-12-45(26,44)5/h7,22-39,48-57H,8-20H2,1-6H3,(H,58,59)/t22-,23-,24+,25+,26+,27+,28-,29-,30+,31-,32-,33-,34+,35+,36+,37+,38-,39-,43+,44+,45+,46-,47-/m0/s1. The van der Waals surface area contributed by atoms with Crippen molar-refractivity contribution in [1.29, 1.82) is 0 Å². The van der Waals surface area contributed by atoms with Gasteiger partial charge in [-0.2, -0.15) is 0 Å². The summed E-state index contributed by atoms with van der Waals surface area (Å²) in [4.78, 5) is 28.5. The van der Waals surface area contributed by atoms with Gasteiger partial charge in [-0.05, 0) is 111 Å². The van der Waals surface area contributed by atoms with E-state index in [0.29, 0.717) is 64.2 Å². The van der Waals surface area contributed by atoms with Crippen molar-refractivity contribution >= 4 is 11.9 Å². The van der Waals surface area contributed by atoms with Crippen LogP contribution in [0.25, 0.3) is 0 Å². The van der Waals surface area contributed by atoms with Crippen molar-refractivity contribution in [3.05, 3.63) is 11.6 Å². The maximum absolute atomic E-state index is 14.9. The number of hydrogen-bond acceptors (Lipinski definition) is 18. The van der Waals surface area contributed by atoms with Gasteiger partial charge in [-0.3, -0.25) is 9.59 Å². The Kier molecular flexibility index (Phi) is 13.6. The molecule has 0 aromatic rings. The van der Waals surface area contributed by atoms with Crippen molar-refractivity contribution < 1.29 is 94.2 Å². The van der Waals surface area contributed by atoms with Gasteiger partial charge in [-0.1, -0.05) is 46.3 Å². The summed E-state index contributed by atoms with van der Waals surface area (Å²) in [6, 6.07) is 0. The Balaban J connectivity index is 1.03. The van der Waals surface area contributed by atoms with Crippen LogP contribution in [-0.2, 0) is 38.0 Å². The van der Waals surface area contributed by atoms with Crippen molar-refractivity contribution in [2.24, 2.45) is 50.2 Å².